The number of methoxy groups -OCH3 is 1. The SMILES string of the molecule is COc1ccc(-n2nnnc2-c2c(Br)ccnc2N)c(F)c1F. The third-order valence-electron chi connectivity index (χ3n) is 3.10. The molecule has 1 aromatic carbocycles. The van der Waals surface area contributed by atoms with Crippen molar-refractivity contribution in [3.8, 4) is 22.8 Å². The standard InChI is InChI=1S/C13H9BrF2N6O/c1-23-8-3-2-7(10(15)11(8)16)22-13(19-20-21-22)9-6(14)4-5-18-12(9)17/h2-5H,1H3,(H2,17,18). The number of hydrogen-bond acceptors (Lipinski definition) is 6. The summed E-state index contributed by atoms with van der Waals surface area (Å²) in [6, 6.07) is 4.22. The topological polar surface area (TPSA) is 91.7 Å². The first kappa shape index (κ1) is 15.3. The first-order chi connectivity index (χ1) is 11.0. The molecule has 3 aromatic rings. The molecule has 0 radical (unpaired) electrons. The summed E-state index contributed by atoms with van der Waals surface area (Å²) in [6.07, 6.45) is 1.49. The highest BCUT2D eigenvalue weighted by molar-refractivity contribution is 9.10. The third-order valence-corrected chi connectivity index (χ3v) is 3.76. The summed E-state index contributed by atoms with van der Waals surface area (Å²) >= 11 is 3.31. The van der Waals surface area contributed by atoms with Crippen LogP contribution in [0.1, 0.15) is 0 Å². The summed E-state index contributed by atoms with van der Waals surface area (Å²) in [6.45, 7) is 0. The van der Waals surface area contributed by atoms with E-state index in [1.807, 2.05) is 0 Å². The smallest absolute Gasteiger partial charge is 0.202 e. The number of aromatic nitrogens is 5. The molecule has 2 heterocycles. The number of halogens is 3. The quantitative estimate of drug-likeness (QED) is 0.747. The monoisotopic (exact) mass is 382 g/mol. The van der Waals surface area contributed by atoms with Gasteiger partial charge in [-0.15, -0.1) is 5.10 Å². The molecule has 0 spiro atoms. The van der Waals surface area contributed by atoms with E-state index in [-0.39, 0.29) is 23.1 Å². The first-order valence-corrected chi connectivity index (χ1v) is 7.05. The molecule has 0 bridgehead atoms. The second-order valence-electron chi connectivity index (χ2n) is 4.38. The highest BCUT2D eigenvalue weighted by atomic mass is 79.9. The average Bonchev–Trinajstić information content (AvgIpc) is 2.99. The molecule has 0 atom stereocenters. The number of ether oxygens (including phenoxy) is 1. The Hall–Kier alpha value is -2.62. The van der Waals surface area contributed by atoms with Gasteiger partial charge in [-0.25, -0.2) is 9.37 Å². The number of tetrazole rings is 1. The van der Waals surface area contributed by atoms with Crippen molar-refractivity contribution in [3.05, 3.63) is 40.5 Å². The summed E-state index contributed by atoms with van der Waals surface area (Å²) in [5, 5.41) is 11.0. The van der Waals surface area contributed by atoms with Gasteiger partial charge in [0.1, 0.15) is 11.5 Å². The molecule has 0 aliphatic heterocycles. The summed E-state index contributed by atoms with van der Waals surface area (Å²) in [5.74, 6) is -2.24. The molecule has 7 nitrogen and oxygen atoms in total. The van der Waals surface area contributed by atoms with Crippen LogP contribution >= 0.6 is 15.9 Å². The largest absolute Gasteiger partial charge is 0.494 e. The lowest BCUT2D eigenvalue weighted by Crippen LogP contribution is -2.07. The van der Waals surface area contributed by atoms with Crippen molar-refractivity contribution >= 4 is 21.7 Å². The first-order valence-electron chi connectivity index (χ1n) is 6.25. The number of benzene rings is 1. The molecule has 118 valence electrons. The zero-order valence-electron chi connectivity index (χ0n) is 11.7. The maximum absolute atomic E-state index is 14.3. The van der Waals surface area contributed by atoms with Crippen molar-refractivity contribution < 1.29 is 13.5 Å². The Kier molecular flexibility index (Phi) is 3.90. The van der Waals surface area contributed by atoms with Crippen LogP contribution in [0.25, 0.3) is 17.1 Å². The van der Waals surface area contributed by atoms with E-state index in [2.05, 4.69) is 36.4 Å². The molecule has 2 N–H and O–H groups in total. The predicted octanol–water partition coefficient (Wildman–Crippen LogP) is 2.36. The minimum atomic E-state index is -1.14. The summed E-state index contributed by atoms with van der Waals surface area (Å²) < 4.78 is 34.5. The average molecular weight is 383 g/mol. The highest BCUT2D eigenvalue weighted by Crippen LogP contribution is 2.32. The Balaban J connectivity index is 2.22. The minimum Gasteiger partial charge on any atom is -0.494 e. The molecule has 0 aliphatic rings. The molecule has 10 heteroatoms. The van der Waals surface area contributed by atoms with Gasteiger partial charge in [-0.05, 0) is 44.6 Å². The van der Waals surface area contributed by atoms with Gasteiger partial charge in [-0.1, -0.05) is 0 Å². The lowest BCUT2D eigenvalue weighted by molar-refractivity contribution is 0.371. The van der Waals surface area contributed by atoms with E-state index in [0.29, 0.717) is 10.0 Å². The predicted molar refractivity (Wildman–Crippen MR) is 81.0 cm³/mol. The second kappa shape index (κ2) is 5.88. The van der Waals surface area contributed by atoms with Gasteiger partial charge in [-0.3, -0.25) is 0 Å². The normalized spacial score (nSPS) is 10.8. The lowest BCUT2D eigenvalue weighted by Gasteiger charge is -2.10. The van der Waals surface area contributed by atoms with Gasteiger partial charge in [-0.2, -0.15) is 9.07 Å². The van der Waals surface area contributed by atoms with Crippen molar-refractivity contribution in [1.29, 1.82) is 0 Å². The van der Waals surface area contributed by atoms with Gasteiger partial charge in [0.15, 0.2) is 17.4 Å². The molecule has 0 saturated carbocycles. The number of rotatable bonds is 3. The van der Waals surface area contributed by atoms with Gasteiger partial charge in [0.2, 0.25) is 5.82 Å². The van der Waals surface area contributed by atoms with Gasteiger partial charge in [0.25, 0.3) is 0 Å². The molecular formula is C13H9BrF2N6O. The molecule has 0 saturated heterocycles. The Bertz CT molecular complexity index is 865. The van der Waals surface area contributed by atoms with E-state index < -0.39 is 11.6 Å². The van der Waals surface area contributed by atoms with Crippen LogP contribution in [0.4, 0.5) is 14.6 Å². The number of nitrogens with zero attached hydrogens (tertiary/aromatic N) is 5. The van der Waals surface area contributed by atoms with Crippen LogP contribution in [0.3, 0.4) is 0 Å². The summed E-state index contributed by atoms with van der Waals surface area (Å²) in [5.41, 5.74) is 6.02. The highest BCUT2D eigenvalue weighted by Gasteiger charge is 2.22. The molecule has 0 unspecified atom stereocenters. The number of hydrogen-bond donors (Lipinski definition) is 1. The maximum atomic E-state index is 14.3. The molecule has 0 aliphatic carbocycles. The molecular weight excluding hydrogens is 374 g/mol. The molecule has 23 heavy (non-hydrogen) atoms. The second-order valence-corrected chi connectivity index (χ2v) is 5.24. The van der Waals surface area contributed by atoms with Crippen molar-refractivity contribution in [2.75, 3.05) is 12.8 Å². The Morgan fingerprint density at radius 1 is 1.22 bits per heavy atom. The van der Waals surface area contributed by atoms with E-state index in [0.717, 1.165) is 4.68 Å². The number of nitrogens with two attached hydrogens (primary N) is 1. The van der Waals surface area contributed by atoms with Crippen LogP contribution < -0.4 is 10.5 Å². The third kappa shape index (κ3) is 2.50. The van der Waals surface area contributed by atoms with Crippen LogP contribution in [-0.4, -0.2) is 32.3 Å². The number of nitrogen functional groups attached to an aromatic ring is 1. The van der Waals surface area contributed by atoms with Crippen molar-refractivity contribution in [3.63, 3.8) is 0 Å². The fourth-order valence-corrected chi connectivity index (χ4v) is 2.52. The molecule has 0 amide bonds. The summed E-state index contributed by atoms with van der Waals surface area (Å²) in [4.78, 5) is 3.95. The Morgan fingerprint density at radius 3 is 2.70 bits per heavy atom. The molecule has 2 aromatic heterocycles. The van der Waals surface area contributed by atoms with E-state index in [1.165, 1.54) is 25.4 Å². The number of anilines is 1. The van der Waals surface area contributed by atoms with Gasteiger partial charge >= 0.3 is 0 Å². The lowest BCUT2D eigenvalue weighted by atomic mass is 10.2. The zero-order chi connectivity index (χ0) is 16.6. The van der Waals surface area contributed by atoms with Gasteiger partial charge in [0, 0.05) is 10.7 Å². The van der Waals surface area contributed by atoms with E-state index >= 15 is 0 Å². The van der Waals surface area contributed by atoms with Crippen LogP contribution in [0, 0.1) is 11.6 Å². The summed E-state index contributed by atoms with van der Waals surface area (Å²) in [7, 11) is 1.24. The van der Waals surface area contributed by atoms with E-state index in [4.69, 9.17) is 10.5 Å². The van der Waals surface area contributed by atoms with Crippen molar-refractivity contribution in [2.24, 2.45) is 0 Å². The van der Waals surface area contributed by atoms with E-state index in [1.54, 1.807) is 6.07 Å². The van der Waals surface area contributed by atoms with Gasteiger partial charge in [0.05, 0.1) is 12.7 Å². The molecule has 0 fully saturated rings. The maximum Gasteiger partial charge on any atom is 0.202 e. The fraction of sp³-hybridized carbons (Fsp3) is 0.0769. The van der Waals surface area contributed by atoms with Crippen molar-refractivity contribution in [1.82, 2.24) is 25.2 Å². The van der Waals surface area contributed by atoms with Crippen LogP contribution in [-0.2, 0) is 0 Å². The minimum absolute atomic E-state index is 0.117. The van der Waals surface area contributed by atoms with Crippen LogP contribution in [0.2, 0.25) is 0 Å². The fourth-order valence-electron chi connectivity index (χ4n) is 2.02. The number of pyridine rings is 1. The van der Waals surface area contributed by atoms with E-state index in [9.17, 15) is 8.78 Å². The zero-order valence-corrected chi connectivity index (χ0v) is 13.3. The van der Waals surface area contributed by atoms with Crippen LogP contribution in [0.5, 0.6) is 5.75 Å². The Labute approximate surface area is 137 Å². The van der Waals surface area contributed by atoms with Crippen LogP contribution in [0.15, 0.2) is 28.9 Å². The molecule has 3 rings (SSSR count). The van der Waals surface area contributed by atoms with Gasteiger partial charge < -0.3 is 10.5 Å². The van der Waals surface area contributed by atoms with Crippen molar-refractivity contribution in [2.45, 2.75) is 0 Å². The Morgan fingerprint density at radius 2 is 2.00 bits per heavy atom.